The zero-order chi connectivity index (χ0) is 13.4. The Labute approximate surface area is 112 Å². The molecular weight excluding hydrogens is 240 g/mol. The van der Waals surface area contributed by atoms with Crippen LogP contribution in [-0.4, -0.2) is 38.6 Å². The Kier molecular flexibility index (Phi) is 3.14. The number of hydrogen-bond acceptors (Lipinski definition) is 3. The molecule has 0 spiro atoms. The molecule has 1 aliphatic heterocycles. The molecule has 1 aliphatic rings. The summed E-state index contributed by atoms with van der Waals surface area (Å²) in [6, 6.07) is 3.70. The molecule has 1 N–H and O–H groups in total. The van der Waals surface area contributed by atoms with E-state index in [4.69, 9.17) is 0 Å². The summed E-state index contributed by atoms with van der Waals surface area (Å²) in [5.41, 5.74) is 0.717. The van der Waals surface area contributed by atoms with Crippen LogP contribution in [0.3, 0.4) is 0 Å². The van der Waals surface area contributed by atoms with Crippen molar-refractivity contribution in [3.05, 3.63) is 34.4 Å². The van der Waals surface area contributed by atoms with Crippen molar-refractivity contribution in [3.63, 3.8) is 0 Å². The van der Waals surface area contributed by atoms with E-state index in [-0.39, 0.29) is 5.43 Å². The second kappa shape index (κ2) is 4.81. The van der Waals surface area contributed by atoms with Crippen LogP contribution in [0.2, 0.25) is 0 Å². The van der Waals surface area contributed by atoms with Gasteiger partial charge in [0.2, 0.25) is 0 Å². The van der Waals surface area contributed by atoms with Gasteiger partial charge < -0.3 is 4.90 Å². The minimum atomic E-state index is 0.00509. The van der Waals surface area contributed by atoms with E-state index in [0.717, 1.165) is 18.8 Å². The van der Waals surface area contributed by atoms with Gasteiger partial charge in [-0.1, -0.05) is 0 Å². The summed E-state index contributed by atoms with van der Waals surface area (Å²) < 4.78 is 1.82. The predicted octanol–water partition coefficient (Wildman–Crippen LogP) is 1.61. The van der Waals surface area contributed by atoms with Crippen LogP contribution >= 0.6 is 0 Å². The van der Waals surface area contributed by atoms with Crippen molar-refractivity contribution in [2.75, 3.05) is 13.1 Å². The number of pyridine rings is 1. The third kappa shape index (κ3) is 2.42. The van der Waals surface area contributed by atoms with Gasteiger partial charge in [-0.15, -0.1) is 0 Å². The van der Waals surface area contributed by atoms with Crippen molar-refractivity contribution in [1.29, 1.82) is 0 Å². The number of nitrogens with zero attached hydrogens (tertiary/aromatic N) is 3. The average molecular weight is 260 g/mol. The second-order valence-corrected chi connectivity index (χ2v) is 5.63. The molecule has 3 rings (SSSR count). The molecule has 0 saturated carbocycles. The first-order valence-electron chi connectivity index (χ1n) is 6.96. The lowest BCUT2D eigenvalue weighted by Gasteiger charge is -2.34. The van der Waals surface area contributed by atoms with Gasteiger partial charge in [0.25, 0.3) is 0 Å². The van der Waals surface area contributed by atoms with Crippen LogP contribution in [0.15, 0.2) is 23.1 Å². The van der Waals surface area contributed by atoms with Crippen LogP contribution < -0.4 is 5.43 Å². The molecular formula is C14H20N4O. The minimum Gasteiger partial charge on any atom is -0.300 e. The molecule has 0 radical (unpaired) electrons. The van der Waals surface area contributed by atoms with Crippen LogP contribution in [0.1, 0.15) is 38.4 Å². The third-order valence-corrected chi connectivity index (χ3v) is 3.95. The van der Waals surface area contributed by atoms with E-state index in [1.54, 1.807) is 18.3 Å². The lowest BCUT2D eigenvalue weighted by Crippen LogP contribution is -2.39. The highest BCUT2D eigenvalue weighted by atomic mass is 16.1. The number of rotatable bonds is 2. The molecule has 0 aromatic carbocycles. The zero-order valence-corrected chi connectivity index (χ0v) is 11.5. The van der Waals surface area contributed by atoms with E-state index in [2.05, 4.69) is 28.8 Å². The van der Waals surface area contributed by atoms with Crippen LogP contribution in [-0.2, 0) is 0 Å². The molecule has 5 heteroatoms. The molecule has 3 heterocycles. The first-order valence-corrected chi connectivity index (χ1v) is 6.96. The lowest BCUT2D eigenvalue weighted by atomic mass is 9.96. The Bertz CT molecular complexity index is 628. The number of aromatic nitrogens is 3. The molecule has 5 nitrogen and oxygen atoms in total. The van der Waals surface area contributed by atoms with Crippen LogP contribution in [0.25, 0.3) is 5.65 Å². The average Bonchev–Trinajstić information content (AvgIpc) is 2.81. The molecule has 1 fully saturated rings. The Hall–Kier alpha value is -1.62. The summed E-state index contributed by atoms with van der Waals surface area (Å²) in [6.45, 7) is 6.69. The first-order chi connectivity index (χ1) is 9.13. The number of fused-ring (bicyclic) bond motifs is 1. The molecule has 0 amide bonds. The van der Waals surface area contributed by atoms with Gasteiger partial charge in [0.15, 0.2) is 11.1 Å². The Morgan fingerprint density at radius 1 is 1.47 bits per heavy atom. The standard InChI is InChI=1S/C14H20N4O/c1-10(2)17-6-3-4-11(9-17)14-15-13-8-12(19)5-7-18(13)16-14/h5,7-8,10-11H,3-4,6,9H2,1-2H3,(H,15,16). The Morgan fingerprint density at radius 2 is 2.32 bits per heavy atom. The minimum absolute atomic E-state index is 0.00509. The SMILES string of the molecule is CC(C)N1CCCC(c2nc3cc(=O)ccn3[nH]2)C1. The predicted molar refractivity (Wildman–Crippen MR) is 74.5 cm³/mol. The Balaban J connectivity index is 1.89. The topological polar surface area (TPSA) is 53.4 Å². The molecule has 1 unspecified atom stereocenters. The van der Waals surface area contributed by atoms with Gasteiger partial charge in [-0.05, 0) is 33.2 Å². The van der Waals surface area contributed by atoms with Crippen molar-refractivity contribution >= 4 is 5.65 Å². The summed E-state index contributed by atoms with van der Waals surface area (Å²) in [6.07, 6.45) is 4.11. The van der Waals surface area contributed by atoms with Gasteiger partial charge in [-0.25, -0.2) is 9.50 Å². The summed E-state index contributed by atoms with van der Waals surface area (Å²) in [7, 11) is 0. The Morgan fingerprint density at radius 3 is 3.11 bits per heavy atom. The molecule has 1 atom stereocenters. The van der Waals surface area contributed by atoms with Gasteiger partial charge in [0.1, 0.15) is 5.82 Å². The summed E-state index contributed by atoms with van der Waals surface area (Å²) >= 11 is 0. The van der Waals surface area contributed by atoms with E-state index >= 15 is 0 Å². The van der Waals surface area contributed by atoms with E-state index in [0.29, 0.717) is 17.6 Å². The maximum Gasteiger partial charge on any atom is 0.183 e. The fourth-order valence-electron chi connectivity index (χ4n) is 2.80. The van der Waals surface area contributed by atoms with Gasteiger partial charge >= 0.3 is 0 Å². The number of hydrogen-bond donors (Lipinski definition) is 1. The van der Waals surface area contributed by atoms with Crippen LogP contribution in [0.5, 0.6) is 0 Å². The molecule has 0 aliphatic carbocycles. The number of aromatic amines is 1. The summed E-state index contributed by atoms with van der Waals surface area (Å²) in [5, 5.41) is 3.29. The summed E-state index contributed by atoms with van der Waals surface area (Å²) in [4.78, 5) is 18.4. The molecule has 0 bridgehead atoms. The third-order valence-electron chi connectivity index (χ3n) is 3.95. The molecule has 2 aromatic heterocycles. The number of nitrogens with one attached hydrogen (secondary N) is 1. The monoisotopic (exact) mass is 260 g/mol. The maximum absolute atomic E-state index is 11.3. The second-order valence-electron chi connectivity index (χ2n) is 5.63. The normalized spacial score (nSPS) is 21.3. The fraction of sp³-hybridized carbons (Fsp3) is 0.571. The summed E-state index contributed by atoms with van der Waals surface area (Å²) in [5.74, 6) is 1.43. The van der Waals surface area contributed by atoms with Crippen LogP contribution in [0.4, 0.5) is 0 Å². The maximum atomic E-state index is 11.3. The highest BCUT2D eigenvalue weighted by Gasteiger charge is 2.25. The van der Waals surface area contributed by atoms with Gasteiger partial charge in [-0.2, -0.15) is 0 Å². The fourth-order valence-corrected chi connectivity index (χ4v) is 2.80. The number of likely N-dealkylation sites (tertiary alicyclic amines) is 1. The number of H-pyrrole nitrogens is 1. The van der Waals surface area contributed by atoms with E-state index in [1.807, 2.05) is 4.52 Å². The first kappa shape index (κ1) is 12.4. The smallest absolute Gasteiger partial charge is 0.183 e. The molecule has 19 heavy (non-hydrogen) atoms. The van der Waals surface area contributed by atoms with E-state index in [1.165, 1.54) is 13.0 Å². The largest absolute Gasteiger partial charge is 0.300 e. The highest BCUT2D eigenvalue weighted by Crippen LogP contribution is 2.25. The van der Waals surface area contributed by atoms with Crippen molar-refractivity contribution in [3.8, 4) is 0 Å². The van der Waals surface area contributed by atoms with Gasteiger partial charge in [0, 0.05) is 36.8 Å². The van der Waals surface area contributed by atoms with E-state index in [9.17, 15) is 4.79 Å². The van der Waals surface area contributed by atoms with Crippen molar-refractivity contribution < 1.29 is 0 Å². The lowest BCUT2D eigenvalue weighted by molar-refractivity contribution is 0.165. The molecule has 102 valence electrons. The number of piperidine rings is 1. The van der Waals surface area contributed by atoms with Gasteiger partial charge in [0.05, 0.1) is 0 Å². The van der Waals surface area contributed by atoms with Crippen LogP contribution in [0, 0.1) is 0 Å². The zero-order valence-electron chi connectivity index (χ0n) is 11.5. The van der Waals surface area contributed by atoms with E-state index < -0.39 is 0 Å². The van der Waals surface area contributed by atoms with Crippen molar-refractivity contribution in [1.82, 2.24) is 19.5 Å². The molecule has 2 aromatic rings. The quantitative estimate of drug-likeness (QED) is 0.892. The molecule has 1 saturated heterocycles. The van der Waals surface area contributed by atoms with Crippen molar-refractivity contribution in [2.24, 2.45) is 0 Å². The van der Waals surface area contributed by atoms with Gasteiger partial charge in [-0.3, -0.25) is 9.89 Å². The van der Waals surface area contributed by atoms with Crippen molar-refractivity contribution in [2.45, 2.75) is 38.6 Å². The highest BCUT2D eigenvalue weighted by molar-refractivity contribution is 5.36.